The van der Waals surface area contributed by atoms with Gasteiger partial charge in [0.2, 0.25) is 5.24 Å². The number of allylic oxidation sites excluding steroid dienone is 6. The van der Waals surface area contributed by atoms with Crippen molar-refractivity contribution in [3.8, 4) is 0 Å². The molecule has 0 saturated heterocycles. The van der Waals surface area contributed by atoms with Gasteiger partial charge in [-0.2, -0.15) is 18.2 Å². The fourth-order valence-corrected chi connectivity index (χ4v) is 2.42. The van der Waals surface area contributed by atoms with Crippen molar-refractivity contribution in [3.63, 3.8) is 0 Å². The van der Waals surface area contributed by atoms with Gasteiger partial charge in [-0.25, -0.2) is 12.1 Å². The molecule has 0 unspecified atom stereocenters. The molecule has 0 bridgehead atoms. The molecule has 0 aliphatic heterocycles. The van der Waals surface area contributed by atoms with Crippen LogP contribution in [0.15, 0.2) is 66.0 Å². The van der Waals surface area contributed by atoms with Crippen molar-refractivity contribution in [3.05, 3.63) is 66.0 Å². The van der Waals surface area contributed by atoms with Gasteiger partial charge in [0.25, 0.3) is 0 Å². The molecule has 0 radical (unpaired) electrons. The second-order valence-corrected chi connectivity index (χ2v) is 5.96. The van der Waals surface area contributed by atoms with Gasteiger partial charge in [-0.3, -0.25) is 4.79 Å². The number of rotatable bonds is 9. The standard InChI is InChI=1S/C15H21ClO2.C5H5.Fe/c16-15(18)12-6-4-2-1-3-5-11-14(17)13-9-7-8-10-13;1-2-4-5-3-1;/h7-10,17H,1-6,11-12H2;1-5H;/q;-1;+2/p-1. The van der Waals surface area contributed by atoms with Crippen molar-refractivity contribution in [2.24, 2.45) is 0 Å². The van der Waals surface area contributed by atoms with Crippen molar-refractivity contribution in [2.45, 2.75) is 51.4 Å². The Morgan fingerprint density at radius 1 is 0.917 bits per heavy atom. The molecule has 2 rings (SSSR count). The maximum Gasteiger partial charge on any atom is 2.00 e. The first-order chi connectivity index (χ1) is 11.2. The minimum Gasteiger partial charge on any atom is -0.875 e. The number of unbranched alkanes of at least 4 members (excludes halogenated alkanes) is 5. The van der Waals surface area contributed by atoms with Crippen molar-refractivity contribution in [2.75, 3.05) is 0 Å². The van der Waals surface area contributed by atoms with Gasteiger partial charge < -0.3 is 5.11 Å². The second kappa shape index (κ2) is 15.4. The molecule has 1 aromatic rings. The Kier molecular flexibility index (Phi) is 14.6. The Balaban J connectivity index is 0.000000751. The molecule has 0 atom stereocenters. The van der Waals surface area contributed by atoms with Crippen LogP contribution in [0.4, 0.5) is 0 Å². The van der Waals surface area contributed by atoms with Gasteiger partial charge in [-0.15, -0.1) is 5.76 Å². The van der Waals surface area contributed by atoms with E-state index in [4.69, 9.17) is 11.6 Å². The summed E-state index contributed by atoms with van der Waals surface area (Å²) in [4.78, 5) is 10.5. The number of carbonyl (C=O) groups is 1. The summed E-state index contributed by atoms with van der Waals surface area (Å²) in [6.45, 7) is 0. The van der Waals surface area contributed by atoms with Gasteiger partial charge in [0.05, 0.1) is 0 Å². The van der Waals surface area contributed by atoms with Crippen LogP contribution in [-0.2, 0) is 21.9 Å². The Labute approximate surface area is 161 Å². The molecule has 0 aromatic heterocycles. The first-order valence-electron chi connectivity index (χ1n) is 8.30. The number of halogens is 1. The summed E-state index contributed by atoms with van der Waals surface area (Å²) in [7, 11) is 0. The molecule has 24 heavy (non-hydrogen) atoms. The molecule has 0 N–H and O–H groups in total. The van der Waals surface area contributed by atoms with Crippen molar-refractivity contribution in [1.82, 2.24) is 0 Å². The molecule has 0 spiro atoms. The summed E-state index contributed by atoms with van der Waals surface area (Å²) in [5.74, 6) is 0.243. The van der Waals surface area contributed by atoms with Gasteiger partial charge in [0, 0.05) is 6.42 Å². The summed E-state index contributed by atoms with van der Waals surface area (Å²) in [5.41, 5.74) is 0.829. The molecular weight excluding hydrogens is 364 g/mol. The Hall–Kier alpha value is -1.15. The third-order valence-electron chi connectivity index (χ3n) is 3.57. The van der Waals surface area contributed by atoms with Gasteiger partial charge in [-0.1, -0.05) is 56.4 Å². The third kappa shape index (κ3) is 12.3. The largest absolute Gasteiger partial charge is 2.00 e. The van der Waals surface area contributed by atoms with Crippen molar-refractivity contribution < 1.29 is 27.0 Å². The fourth-order valence-electron chi connectivity index (χ4n) is 2.28. The smallest absolute Gasteiger partial charge is 0.875 e. The Morgan fingerprint density at radius 2 is 1.42 bits per heavy atom. The van der Waals surface area contributed by atoms with Crippen LogP contribution in [0.3, 0.4) is 0 Å². The summed E-state index contributed by atoms with van der Waals surface area (Å²) in [6.07, 6.45) is 14.9. The summed E-state index contributed by atoms with van der Waals surface area (Å²) < 4.78 is 0. The van der Waals surface area contributed by atoms with Crippen LogP contribution >= 0.6 is 11.6 Å². The Morgan fingerprint density at radius 3 is 1.88 bits per heavy atom. The van der Waals surface area contributed by atoms with Crippen molar-refractivity contribution in [1.29, 1.82) is 0 Å². The molecule has 132 valence electrons. The normalized spacial score (nSPS) is 11.6. The van der Waals surface area contributed by atoms with Gasteiger partial charge in [0.15, 0.2) is 0 Å². The van der Waals surface area contributed by atoms with E-state index in [2.05, 4.69) is 0 Å². The molecular formula is C20H25ClFeO2. The summed E-state index contributed by atoms with van der Waals surface area (Å²) in [6, 6.07) is 10.0. The van der Waals surface area contributed by atoms with E-state index in [1.54, 1.807) is 0 Å². The minimum absolute atomic E-state index is 0. The number of carbonyl (C=O) groups excluding carboxylic acids is 1. The molecule has 0 amide bonds. The predicted molar refractivity (Wildman–Crippen MR) is 95.1 cm³/mol. The fraction of sp³-hybridized carbons (Fsp3) is 0.400. The van der Waals surface area contributed by atoms with E-state index in [1.807, 2.05) is 54.6 Å². The van der Waals surface area contributed by atoms with Crippen LogP contribution in [0.1, 0.15) is 51.4 Å². The van der Waals surface area contributed by atoms with Crippen LogP contribution in [-0.4, -0.2) is 5.24 Å². The van der Waals surface area contributed by atoms with Crippen LogP contribution in [0, 0.1) is 0 Å². The number of hydrogen-bond acceptors (Lipinski definition) is 2. The molecule has 2 nitrogen and oxygen atoms in total. The number of hydrogen-bond donors (Lipinski definition) is 0. The maximum absolute atomic E-state index is 11.7. The van der Waals surface area contributed by atoms with Gasteiger partial charge in [-0.05, 0) is 30.0 Å². The third-order valence-corrected chi connectivity index (χ3v) is 3.76. The minimum atomic E-state index is -0.240. The van der Waals surface area contributed by atoms with E-state index in [1.165, 1.54) is 0 Å². The molecule has 1 aromatic carbocycles. The SMILES string of the molecule is O=C(Cl)CCCCCCCCC([O-])=C1C=CC=C1.[Fe+2].c1cc[cH-]c1. The maximum atomic E-state index is 11.7. The van der Waals surface area contributed by atoms with E-state index >= 15 is 0 Å². The van der Waals surface area contributed by atoms with Crippen LogP contribution in [0.5, 0.6) is 0 Å². The molecule has 0 heterocycles. The predicted octanol–water partition coefficient (Wildman–Crippen LogP) is 5.02. The van der Waals surface area contributed by atoms with Crippen LogP contribution in [0.2, 0.25) is 0 Å². The first kappa shape index (κ1) is 22.8. The second-order valence-electron chi connectivity index (χ2n) is 5.54. The molecule has 4 heteroatoms. The van der Waals surface area contributed by atoms with Crippen LogP contribution < -0.4 is 5.11 Å². The Bertz CT molecular complexity index is 485. The van der Waals surface area contributed by atoms with E-state index in [0.29, 0.717) is 12.8 Å². The zero-order valence-corrected chi connectivity index (χ0v) is 15.8. The van der Waals surface area contributed by atoms with Gasteiger partial charge >= 0.3 is 17.1 Å². The zero-order valence-electron chi connectivity index (χ0n) is 13.9. The summed E-state index contributed by atoms with van der Waals surface area (Å²) >= 11 is 5.25. The summed E-state index contributed by atoms with van der Waals surface area (Å²) in [5, 5.41) is 11.4. The van der Waals surface area contributed by atoms with E-state index in [0.717, 1.165) is 44.1 Å². The average Bonchev–Trinajstić information content (AvgIpc) is 3.25. The van der Waals surface area contributed by atoms with E-state index in [9.17, 15) is 9.90 Å². The average molecular weight is 389 g/mol. The van der Waals surface area contributed by atoms with Crippen LogP contribution in [0.25, 0.3) is 0 Å². The van der Waals surface area contributed by atoms with E-state index in [-0.39, 0.29) is 28.1 Å². The molecule has 1 aliphatic rings. The molecule has 1 aliphatic carbocycles. The topological polar surface area (TPSA) is 40.1 Å². The quantitative estimate of drug-likeness (QED) is 0.196. The van der Waals surface area contributed by atoms with Crippen molar-refractivity contribution >= 4 is 16.8 Å². The monoisotopic (exact) mass is 388 g/mol. The van der Waals surface area contributed by atoms with E-state index < -0.39 is 0 Å². The first-order valence-corrected chi connectivity index (χ1v) is 8.68. The molecule has 0 fully saturated rings. The molecule has 0 saturated carbocycles. The van der Waals surface area contributed by atoms with Gasteiger partial charge in [0.1, 0.15) is 0 Å². The zero-order chi connectivity index (χ0) is 16.8.